The second-order valence-corrected chi connectivity index (χ2v) is 3.22. The summed E-state index contributed by atoms with van der Waals surface area (Å²) in [7, 11) is 1.29. The van der Waals surface area contributed by atoms with E-state index >= 15 is 0 Å². The van der Waals surface area contributed by atoms with E-state index in [0.717, 1.165) is 6.42 Å². The Balaban J connectivity index is 2.65. The number of allylic oxidation sites excluding steroid dienone is 2. The van der Waals surface area contributed by atoms with E-state index in [1.54, 1.807) is 0 Å². The molecule has 0 radical (unpaired) electrons. The lowest BCUT2D eigenvalue weighted by Gasteiger charge is -2.20. The van der Waals surface area contributed by atoms with Crippen LogP contribution in [-0.4, -0.2) is 25.0 Å². The number of esters is 1. The molecule has 82 valence electrons. The van der Waals surface area contributed by atoms with Gasteiger partial charge in [-0.3, -0.25) is 4.79 Å². The molecule has 1 rings (SSSR count). The molecule has 0 fully saturated rings. The molecular weight excluding hydrogens is 196 g/mol. The van der Waals surface area contributed by atoms with Gasteiger partial charge in [0.1, 0.15) is 11.9 Å². The van der Waals surface area contributed by atoms with Crippen molar-refractivity contribution in [3.05, 3.63) is 24.0 Å². The van der Waals surface area contributed by atoms with Crippen LogP contribution in [0, 0.1) is 0 Å². The molecule has 1 heterocycles. The van der Waals surface area contributed by atoms with Crippen molar-refractivity contribution in [1.82, 2.24) is 0 Å². The Hall–Kier alpha value is -1.58. The first kappa shape index (κ1) is 11.5. The van der Waals surface area contributed by atoms with Gasteiger partial charge in [0.05, 0.1) is 7.11 Å². The van der Waals surface area contributed by atoms with Crippen LogP contribution in [-0.2, 0) is 19.1 Å². The van der Waals surface area contributed by atoms with Crippen LogP contribution in [0.15, 0.2) is 24.0 Å². The first-order chi connectivity index (χ1) is 7.15. The van der Waals surface area contributed by atoms with Crippen molar-refractivity contribution in [2.24, 2.45) is 0 Å². The van der Waals surface area contributed by atoms with Crippen LogP contribution in [0.25, 0.3) is 0 Å². The van der Waals surface area contributed by atoms with Crippen LogP contribution in [0.5, 0.6) is 0 Å². The third-order valence-electron chi connectivity index (χ3n) is 2.08. The summed E-state index contributed by atoms with van der Waals surface area (Å²) < 4.78 is 9.87. The van der Waals surface area contributed by atoms with Crippen LogP contribution < -0.4 is 0 Å². The Morgan fingerprint density at radius 3 is 3.07 bits per heavy atom. The van der Waals surface area contributed by atoms with Crippen molar-refractivity contribution >= 4 is 11.8 Å². The van der Waals surface area contributed by atoms with Crippen molar-refractivity contribution in [3.63, 3.8) is 0 Å². The third-order valence-corrected chi connectivity index (χ3v) is 2.08. The fourth-order valence-electron chi connectivity index (χ4n) is 1.24. The highest BCUT2D eigenvalue weighted by Crippen LogP contribution is 2.17. The van der Waals surface area contributed by atoms with E-state index in [0.29, 0.717) is 12.2 Å². The predicted molar refractivity (Wildman–Crippen MR) is 54.0 cm³/mol. The summed E-state index contributed by atoms with van der Waals surface area (Å²) in [4.78, 5) is 22.1. The summed E-state index contributed by atoms with van der Waals surface area (Å²) in [6.45, 7) is 1.95. The smallest absolute Gasteiger partial charge is 0.330 e. The zero-order chi connectivity index (χ0) is 11.3. The Kier molecular flexibility index (Phi) is 4.09. The maximum absolute atomic E-state index is 11.3. The molecule has 1 atom stereocenters. The normalized spacial score (nSPS) is 21.1. The van der Waals surface area contributed by atoms with Crippen molar-refractivity contribution in [3.8, 4) is 0 Å². The highest BCUT2D eigenvalue weighted by atomic mass is 16.5. The van der Waals surface area contributed by atoms with Gasteiger partial charge in [0.25, 0.3) is 0 Å². The minimum atomic E-state index is -0.467. The molecule has 0 aromatic heterocycles. The van der Waals surface area contributed by atoms with Gasteiger partial charge in [-0.05, 0) is 12.5 Å². The summed E-state index contributed by atoms with van der Waals surface area (Å²) in [5.74, 6) is -0.0216. The van der Waals surface area contributed by atoms with Gasteiger partial charge >= 0.3 is 5.97 Å². The highest BCUT2D eigenvalue weighted by molar-refractivity contribution is 5.92. The molecule has 0 saturated heterocycles. The van der Waals surface area contributed by atoms with Gasteiger partial charge in [-0.1, -0.05) is 6.92 Å². The second kappa shape index (κ2) is 5.34. The van der Waals surface area contributed by atoms with Crippen molar-refractivity contribution in [2.75, 3.05) is 7.11 Å². The molecule has 1 aliphatic rings. The zero-order valence-electron chi connectivity index (χ0n) is 8.86. The highest BCUT2D eigenvalue weighted by Gasteiger charge is 2.18. The first-order valence-corrected chi connectivity index (χ1v) is 4.83. The molecule has 0 aromatic carbocycles. The Morgan fingerprint density at radius 2 is 2.47 bits per heavy atom. The minimum Gasteiger partial charge on any atom is -0.490 e. The summed E-state index contributed by atoms with van der Waals surface area (Å²) >= 11 is 0. The van der Waals surface area contributed by atoms with Crippen LogP contribution in [0.3, 0.4) is 0 Å². The Labute approximate surface area is 88.6 Å². The summed E-state index contributed by atoms with van der Waals surface area (Å²) in [5.41, 5.74) is 0. The molecule has 0 spiro atoms. The zero-order valence-corrected chi connectivity index (χ0v) is 8.86. The number of methoxy groups -OCH3 is 1. The lowest BCUT2D eigenvalue weighted by Crippen LogP contribution is -2.20. The fourth-order valence-corrected chi connectivity index (χ4v) is 1.24. The maximum atomic E-state index is 11.3. The van der Waals surface area contributed by atoms with E-state index in [1.807, 2.05) is 6.92 Å². The number of hydrogen-bond acceptors (Lipinski definition) is 4. The number of carbonyl (C=O) groups is 2. The van der Waals surface area contributed by atoms with Gasteiger partial charge in [0.15, 0.2) is 5.78 Å². The molecule has 4 nitrogen and oxygen atoms in total. The molecule has 0 amide bonds. The average molecular weight is 210 g/mol. The largest absolute Gasteiger partial charge is 0.490 e. The van der Waals surface area contributed by atoms with E-state index in [4.69, 9.17) is 4.74 Å². The molecule has 0 N–H and O–H groups in total. The Morgan fingerprint density at radius 1 is 1.73 bits per heavy atom. The summed E-state index contributed by atoms with van der Waals surface area (Å²) in [5, 5.41) is 0. The van der Waals surface area contributed by atoms with Gasteiger partial charge in [0, 0.05) is 18.6 Å². The molecule has 0 bridgehead atoms. The van der Waals surface area contributed by atoms with Gasteiger partial charge in [-0.2, -0.15) is 0 Å². The Bertz CT molecular complexity index is 315. The quantitative estimate of drug-likeness (QED) is 0.521. The number of hydrogen-bond donors (Lipinski definition) is 0. The molecule has 1 aliphatic heterocycles. The van der Waals surface area contributed by atoms with Crippen molar-refractivity contribution in [1.29, 1.82) is 0 Å². The van der Waals surface area contributed by atoms with E-state index < -0.39 is 5.97 Å². The number of ketones is 1. The molecule has 4 heteroatoms. The lowest BCUT2D eigenvalue weighted by atomic mass is 10.1. The molecular formula is C11H14O4. The SMILES string of the molecule is CC[C@H]1CC(=O)C=C(C=CC(=O)OC)O1. The van der Waals surface area contributed by atoms with E-state index in [1.165, 1.54) is 25.3 Å². The lowest BCUT2D eigenvalue weighted by molar-refractivity contribution is -0.134. The topological polar surface area (TPSA) is 52.6 Å². The molecule has 0 saturated carbocycles. The van der Waals surface area contributed by atoms with E-state index in [-0.39, 0.29) is 11.9 Å². The summed E-state index contributed by atoms with van der Waals surface area (Å²) in [6.07, 6.45) is 5.18. The molecule has 0 unspecified atom stereocenters. The van der Waals surface area contributed by atoms with E-state index in [9.17, 15) is 9.59 Å². The van der Waals surface area contributed by atoms with Crippen LogP contribution in [0.2, 0.25) is 0 Å². The van der Waals surface area contributed by atoms with Crippen LogP contribution in [0.1, 0.15) is 19.8 Å². The van der Waals surface area contributed by atoms with Gasteiger partial charge in [-0.15, -0.1) is 0 Å². The maximum Gasteiger partial charge on any atom is 0.330 e. The van der Waals surface area contributed by atoms with Gasteiger partial charge in [0.2, 0.25) is 0 Å². The predicted octanol–water partition coefficient (Wildman–Crippen LogP) is 1.37. The van der Waals surface area contributed by atoms with Gasteiger partial charge < -0.3 is 9.47 Å². The molecule has 15 heavy (non-hydrogen) atoms. The first-order valence-electron chi connectivity index (χ1n) is 4.83. The van der Waals surface area contributed by atoms with Crippen LogP contribution in [0.4, 0.5) is 0 Å². The molecule has 0 aromatic rings. The third kappa shape index (κ3) is 3.58. The standard InChI is InChI=1S/C11H14O4/c1-3-9-6-8(12)7-10(15-9)4-5-11(13)14-2/h4-5,7,9H,3,6H2,1-2H3/t9-/m0/s1. The minimum absolute atomic E-state index is 0.0256. The van der Waals surface area contributed by atoms with Crippen molar-refractivity contribution in [2.45, 2.75) is 25.9 Å². The van der Waals surface area contributed by atoms with Crippen LogP contribution >= 0.6 is 0 Å². The fraction of sp³-hybridized carbons (Fsp3) is 0.455. The monoisotopic (exact) mass is 210 g/mol. The second-order valence-electron chi connectivity index (χ2n) is 3.22. The van der Waals surface area contributed by atoms with Gasteiger partial charge in [-0.25, -0.2) is 4.79 Å². The average Bonchev–Trinajstić information content (AvgIpc) is 2.25. The number of carbonyl (C=O) groups excluding carboxylic acids is 2. The number of rotatable bonds is 3. The van der Waals surface area contributed by atoms with E-state index in [2.05, 4.69) is 4.74 Å². The van der Waals surface area contributed by atoms with Crippen molar-refractivity contribution < 1.29 is 19.1 Å². The number of ether oxygens (including phenoxy) is 2. The summed E-state index contributed by atoms with van der Waals surface area (Å²) in [6, 6.07) is 0. The molecule has 0 aliphatic carbocycles.